The Bertz CT molecular complexity index is 583. The Kier molecular flexibility index (Phi) is 14.2. The van der Waals surface area contributed by atoms with E-state index < -0.39 is 58.7 Å². The van der Waals surface area contributed by atoms with Gasteiger partial charge < -0.3 is 0 Å². The summed E-state index contributed by atoms with van der Waals surface area (Å²) in [5.74, 6) is -5.42. The Morgan fingerprint density at radius 1 is 0.543 bits per heavy atom. The van der Waals surface area contributed by atoms with Gasteiger partial charge in [-0.15, -0.1) is 0 Å². The minimum atomic E-state index is -3.79. The van der Waals surface area contributed by atoms with Gasteiger partial charge in [-0.1, -0.05) is 96.9 Å². The largest absolute Gasteiger partial charge is 0.281 e. The maximum absolute atomic E-state index is 14.4. The van der Waals surface area contributed by atoms with Gasteiger partial charge in [0, 0.05) is 22.7 Å². The van der Waals surface area contributed by atoms with Gasteiger partial charge in [0.25, 0.3) is 18.3 Å². The lowest BCUT2D eigenvalue weighted by Gasteiger charge is -2.50. The van der Waals surface area contributed by atoms with Crippen molar-refractivity contribution in [1.29, 1.82) is 0 Å². The van der Waals surface area contributed by atoms with Crippen molar-refractivity contribution in [3.63, 3.8) is 0 Å². The summed E-state index contributed by atoms with van der Waals surface area (Å²) in [6.45, 7) is 21.4. The highest BCUT2D eigenvalue weighted by atomic mass is 19.3. The summed E-state index contributed by atoms with van der Waals surface area (Å²) in [6.07, 6.45) is -3.44. The summed E-state index contributed by atoms with van der Waals surface area (Å²) in [7, 11) is 0. The van der Waals surface area contributed by atoms with E-state index in [1.54, 1.807) is 20.8 Å². The normalized spacial score (nSPS) is 15.9. The average molecular weight is 529 g/mol. The van der Waals surface area contributed by atoms with Crippen LogP contribution < -0.4 is 0 Å². The molecule has 35 heavy (non-hydrogen) atoms. The fourth-order valence-corrected chi connectivity index (χ4v) is 2.30. The van der Waals surface area contributed by atoms with E-state index in [2.05, 4.69) is 27.7 Å². The average Bonchev–Trinajstić information content (AvgIpc) is 2.59. The van der Waals surface area contributed by atoms with Gasteiger partial charge in [-0.05, 0) is 24.2 Å². The summed E-state index contributed by atoms with van der Waals surface area (Å²) in [6, 6.07) is 0. The van der Waals surface area contributed by atoms with Crippen LogP contribution in [-0.4, -0.2) is 30.6 Å². The van der Waals surface area contributed by atoms with E-state index in [1.807, 2.05) is 0 Å². The molecule has 0 aromatic carbocycles. The van der Waals surface area contributed by atoms with Crippen LogP contribution in [-0.2, 0) is 0 Å². The van der Waals surface area contributed by atoms with Crippen LogP contribution in [0.5, 0.6) is 0 Å². The first-order valence-electron chi connectivity index (χ1n) is 12.1. The van der Waals surface area contributed by atoms with Gasteiger partial charge in [-0.25, -0.2) is 35.1 Å². The summed E-state index contributed by atoms with van der Waals surface area (Å²) in [4.78, 5) is 0. The van der Waals surface area contributed by atoms with Crippen LogP contribution in [0, 0.1) is 33.5 Å². The predicted octanol–water partition coefficient (Wildman–Crippen LogP) is 11.0. The number of hydrogen-bond acceptors (Lipinski definition) is 0. The first-order valence-corrected chi connectivity index (χ1v) is 12.1. The monoisotopic (exact) mass is 528 g/mol. The van der Waals surface area contributed by atoms with Crippen LogP contribution in [0.1, 0.15) is 110 Å². The molecule has 1 unspecified atom stereocenters. The second-order valence-corrected chi connectivity index (χ2v) is 13.6. The number of hydrogen-bond donors (Lipinski definition) is 0. The van der Waals surface area contributed by atoms with Crippen molar-refractivity contribution >= 4 is 0 Å². The summed E-state index contributed by atoms with van der Waals surface area (Å²) in [5.41, 5.74) is -8.30. The SMILES string of the molecule is CC(C)(C)C(C)(F)C(F)F.CC(C)(C)CC(F)(F)C(C)(C)C(C)(C)C(F)(F)CF.CC(C)C(C)C. The Balaban J connectivity index is -0.000000530. The zero-order valence-electron chi connectivity index (χ0n) is 24.7. The third-order valence-electron chi connectivity index (χ3n) is 7.52. The molecular formula is C27H52F8. The molecule has 0 bridgehead atoms. The summed E-state index contributed by atoms with van der Waals surface area (Å²) >= 11 is 0. The van der Waals surface area contributed by atoms with Gasteiger partial charge in [0.05, 0.1) is 0 Å². The van der Waals surface area contributed by atoms with Crippen LogP contribution in [0.25, 0.3) is 0 Å². The number of halogens is 8. The first kappa shape index (κ1) is 39.0. The van der Waals surface area contributed by atoms with E-state index >= 15 is 0 Å². The third-order valence-corrected chi connectivity index (χ3v) is 7.52. The summed E-state index contributed by atoms with van der Waals surface area (Å²) in [5, 5.41) is 0. The minimum Gasteiger partial charge on any atom is -0.244 e. The van der Waals surface area contributed by atoms with E-state index in [0.717, 1.165) is 46.5 Å². The summed E-state index contributed by atoms with van der Waals surface area (Å²) < 4.78 is 106. The highest BCUT2D eigenvalue weighted by molar-refractivity contribution is 5.03. The fraction of sp³-hybridized carbons (Fsp3) is 1.00. The molecule has 0 aliphatic rings. The van der Waals surface area contributed by atoms with Gasteiger partial charge in [0.2, 0.25) is 0 Å². The predicted molar refractivity (Wildman–Crippen MR) is 132 cm³/mol. The van der Waals surface area contributed by atoms with Crippen molar-refractivity contribution in [3.05, 3.63) is 0 Å². The molecule has 0 nitrogen and oxygen atoms in total. The molecule has 0 saturated carbocycles. The molecule has 216 valence electrons. The van der Waals surface area contributed by atoms with Gasteiger partial charge in [0.15, 0.2) is 12.3 Å². The minimum absolute atomic E-state index is 0.529. The molecule has 0 spiro atoms. The van der Waals surface area contributed by atoms with E-state index in [4.69, 9.17) is 0 Å². The van der Waals surface area contributed by atoms with E-state index in [9.17, 15) is 35.1 Å². The van der Waals surface area contributed by atoms with Crippen molar-refractivity contribution in [2.24, 2.45) is 33.5 Å². The standard InChI is InChI=1S/C14H25F5.C7H13F3.C6H14/c1-10(2,3)8-13(16,17)11(4,5)12(6,7)14(18,19)9-15;1-6(2,3)7(4,10)5(8)9;1-5(2)6(3)4/h8-9H2,1-7H3;5H,1-4H3;5-6H,1-4H3. The van der Waals surface area contributed by atoms with Crippen LogP contribution in [0.2, 0.25) is 0 Å². The Labute approximate surface area is 210 Å². The third kappa shape index (κ3) is 11.2. The van der Waals surface area contributed by atoms with Crippen molar-refractivity contribution in [2.45, 2.75) is 134 Å². The molecule has 0 fully saturated rings. The van der Waals surface area contributed by atoms with E-state index in [0.29, 0.717) is 0 Å². The molecule has 8 heteroatoms. The molecule has 0 aromatic heterocycles. The lowest BCUT2D eigenvalue weighted by atomic mass is 9.59. The maximum atomic E-state index is 14.4. The quantitative estimate of drug-likeness (QED) is 0.288. The molecular weight excluding hydrogens is 476 g/mol. The van der Waals surface area contributed by atoms with Crippen molar-refractivity contribution in [1.82, 2.24) is 0 Å². The highest BCUT2D eigenvalue weighted by Crippen LogP contribution is 2.59. The van der Waals surface area contributed by atoms with Gasteiger partial charge >= 0.3 is 0 Å². The van der Waals surface area contributed by atoms with Crippen molar-refractivity contribution in [3.8, 4) is 0 Å². The number of rotatable bonds is 7. The molecule has 0 saturated heterocycles. The molecule has 0 radical (unpaired) electrons. The van der Waals surface area contributed by atoms with E-state index in [1.165, 1.54) is 20.8 Å². The lowest BCUT2D eigenvalue weighted by molar-refractivity contribution is -0.247. The molecule has 0 heterocycles. The maximum Gasteiger partial charge on any atom is 0.281 e. The van der Waals surface area contributed by atoms with Crippen molar-refractivity contribution < 1.29 is 35.1 Å². The lowest BCUT2D eigenvalue weighted by Crippen LogP contribution is -2.57. The van der Waals surface area contributed by atoms with Crippen LogP contribution >= 0.6 is 0 Å². The Morgan fingerprint density at radius 2 is 0.829 bits per heavy atom. The molecule has 0 aliphatic heterocycles. The zero-order valence-corrected chi connectivity index (χ0v) is 24.7. The van der Waals surface area contributed by atoms with Crippen LogP contribution in [0.4, 0.5) is 35.1 Å². The topological polar surface area (TPSA) is 0 Å². The number of alkyl halides is 8. The van der Waals surface area contributed by atoms with E-state index in [-0.39, 0.29) is 0 Å². The van der Waals surface area contributed by atoms with Crippen LogP contribution in [0.15, 0.2) is 0 Å². The highest BCUT2D eigenvalue weighted by Gasteiger charge is 2.65. The Morgan fingerprint density at radius 3 is 0.971 bits per heavy atom. The Hall–Kier alpha value is -0.560. The molecule has 0 aliphatic carbocycles. The molecule has 0 amide bonds. The van der Waals surface area contributed by atoms with Crippen molar-refractivity contribution in [2.75, 3.05) is 6.67 Å². The van der Waals surface area contributed by atoms with Gasteiger partial charge in [0.1, 0.15) is 0 Å². The molecule has 0 rings (SSSR count). The smallest absolute Gasteiger partial charge is 0.244 e. The van der Waals surface area contributed by atoms with Crippen LogP contribution in [0.3, 0.4) is 0 Å². The second-order valence-electron chi connectivity index (χ2n) is 13.6. The van der Waals surface area contributed by atoms with Gasteiger partial charge in [-0.3, -0.25) is 0 Å². The molecule has 0 aromatic rings. The fourth-order valence-electron chi connectivity index (χ4n) is 2.30. The second kappa shape index (κ2) is 12.8. The first-order chi connectivity index (χ1) is 14.9. The molecule has 1 atom stereocenters. The van der Waals surface area contributed by atoms with Gasteiger partial charge in [-0.2, -0.15) is 0 Å². The zero-order chi connectivity index (χ0) is 29.6. The molecule has 0 N–H and O–H groups in total.